The fourth-order valence-electron chi connectivity index (χ4n) is 1.69. The van der Waals surface area contributed by atoms with Crippen molar-refractivity contribution in [1.29, 1.82) is 0 Å². The first-order valence-corrected chi connectivity index (χ1v) is 5.34. The molecule has 0 N–H and O–H groups in total. The number of nitrogens with zero attached hydrogens (tertiary/aromatic N) is 1. The smallest absolute Gasteiger partial charge is 0.176 e. The van der Waals surface area contributed by atoms with Crippen LogP contribution in [0.5, 0.6) is 0 Å². The molecule has 0 amide bonds. The Morgan fingerprint density at radius 3 is 2.50 bits per heavy atom. The highest BCUT2D eigenvalue weighted by Crippen LogP contribution is 2.06. The van der Waals surface area contributed by atoms with E-state index in [4.69, 9.17) is 4.74 Å². The second-order valence-corrected chi connectivity index (χ2v) is 3.82. The zero-order chi connectivity index (χ0) is 11.4. The van der Waals surface area contributed by atoms with Gasteiger partial charge in [0, 0.05) is 18.7 Å². The third kappa shape index (κ3) is 2.87. The number of carbonyl (C=O) groups is 1. The molecular weight excluding hydrogens is 209 g/mol. The number of halogens is 1. The number of Topliss-reactive ketones (excluding diaryl/α,β-unsaturated/α-hetero) is 1. The lowest BCUT2D eigenvalue weighted by Crippen LogP contribution is -2.39. The minimum atomic E-state index is -0.317. The molecular formula is C12H14FNO2. The Morgan fingerprint density at radius 2 is 1.88 bits per heavy atom. The summed E-state index contributed by atoms with van der Waals surface area (Å²) in [6, 6.07) is 5.68. The van der Waals surface area contributed by atoms with Gasteiger partial charge in [0.05, 0.1) is 19.8 Å². The van der Waals surface area contributed by atoms with Gasteiger partial charge in [0.1, 0.15) is 5.82 Å². The van der Waals surface area contributed by atoms with Crippen molar-refractivity contribution in [2.75, 3.05) is 32.8 Å². The van der Waals surface area contributed by atoms with E-state index in [0.29, 0.717) is 25.3 Å². The SMILES string of the molecule is O=C(CN1CCOCC1)c1ccc(F)cc1. The van der Waals surface area contributed by atoms with Crippen LogP contribution in [0, 0.1) is 5.82 Å². The van der Waals surface area contributed by atoms with E-state index >= 15 is 0 Å². The molecule has 0 bridgehead atoms. The van der Waals surface area contributed by atoms with Crippen LogP contribution in [0.1, 0.15) is 10.4 Å². The van der Waals surface area contributed by atoms with Gasteiger partial charge in [-0.05, 0) is 24.3 Å². The molecule has 1 aliphatic heterocycles. The van der Waals surface area contributed by atoms with Gasteiger partial charge in [-0.25, -0.2) is 4.39 Å². The van der Waals surface area contributed by atoms with Gasteiger partial charge in [-0.15, -0.1) is 0 Å². The molecule has 1 aliphatic rings. The molecule has 2 rings (SSSR count). The lowest BCUT2D eigenvalue weighted by molar-refractivity contribution is 0.0371. The fraction of sp³-hybridized carbons (Fsp3) is 0.417. The number of ketones is 1. The summed E-state index contributed by atoms with van der Waals surface area (Å²) in [5.41, 5.74) is 0.563. The maximum Gasteiger partial charge on any atom is 0.176 e. The second kappa shape index (κ2) is 5.18. The standard InChI is InChI=1S/C12H14FNO2/c13-11-3-1-10(2-4-11)12(15)9-14-5-7-16-8-6-14/h1-4H,5-9H2. The zero-order valence-corrected chi connectivity index (χ0v) is 8.99. The van der Waals surface area contributed by atoms with E-state index in [-0.39, 0.29) is 11.6 Å². The van der Waals surface area contributed by atoms with Gasteiger partial charge < -0.3 is 4.74 Å². The molecule has 0 unspecified atom stereocenters. The minimum absolute atomic E-state index is 0.0295. The quantitative estimate of drug-likeness (QED) is 0.724. The van der Waals surface area contributed by atoms with Gasteiger partial charge in [-0.3, -0.25) is 9.69 Å². The highest BCUT2D eigenvalue weighted by atomic mass is 19.1. The third-order valence-corrected chi connectivity index (χ3v) is 2.64. The van der Waals surface area contributed by atoms with Gasteiger partial charge in [-0.1, -0.05) is 0 Å². The van der Waals surface area contributed by atoms with E-state index in [2.05, 4.69) is 4.90 Å². The summed E-state index contributed by atoms with van der Waals surface area (Å²) in [5, 5.41) is 0. The Labute approximate surface area is 93.8 Å². The summed E-state index contributed by atoms with van der Waals surface area (Å²) in [6.45, 7) is 3.31. The predicted octanol–water partition coefficient (Wildman–Crippen LogP) is 1.34. The Balaban J connectivity index is 1.94. The highest BCUT2D eigenvalue weighted by Gasteiger charge is 2.15. The van der Waals surface area contributed by atoms with Crippen molar-refractivity contribution < 1.29 is 13.9 Å². The van der Waals surface area contributed by atoms with Crippen LogP contribution in [-0.2, 0) is 4.74 Å². The van der Waals surface area contributed by atoms with Crippen molar-refractivity contribution in [1.82, 2.24) is 4.90 Å². The van der Waals surface area contributed by atoms with E-state index < -0.39 is 0 Å². The first kappa shape index (κ1) is 11.2. The number of hydrogen-bond donors (Lipinski definition) is 0. The van der Waals surface area contributed by atoms with Crippen LogP contribution in [0.3, 0.4) is 0 Å². The van der Waals surface area contributed by atoms with Gasteiger partial charge in [-0.2, -0.15) is 0 Å². The summed E-state index contributed by atoms with van der Waals surface area (Å²) in [7, 11) is 0. The normalized spacial score (nSPS) is 17.3. The van der Waals surface area contributed by atoms with Crippen LogP contribution in [0.15, 0.2) is 24.3 Å². The topological polar surface area (TPSA) is 29.5 Å². The number of benzene rings is 1. The molecule has 1 saturated heterocycles. The molecule has 0 spiro atoms. The molecule has 0 atom stereocenters. The summed E-state index contributed by atoms with van der Waals surface area (Å²) in [6.07, 6.45) is 0. The molecule has 1 fully saturated rings. The van der Waals surface area contributed by atoms with Crippen molar-refractivity contribution in [3.05, 3.63) is 35.6 Å². The van der Waals surface area contributed by atoms with Crippen molar-refractivity contribution in [3.8, 4) is 0 Å². The first-order chi connectivity index (χ1) is 7.75. The largest absolute Gasteiger partial charge is 0.379 e. The summed E-state index contributed by atoms with van der Waals surface area (Å²) >= 11 is 0. The van der Waals surface area contributed by atoms with Crippen LogP contribution >= 0.6 is 0 Å². The summed E-state index contributed by atoms with van der Waals surface area (Å²) < 4.78 is 17.9. The van der Waals surface area contributed by atoms with Crippen molar-refractivity contribution >= 4 is 5.78 Å². The Hall–Kier alpha value is -1.26. The van der Waals surface area contributed by atoms with Crippen LogP contribution in [0.4, 0.5) is 4.39 Å². The van der Waals surface area contributed by atoms with Gasteiger partial charge in [0.15, 0.2) is 5.78 Å². The van der Waals surface area contributed by atoms with Crippen molar-refractivity contribution in [2.24, 2.45) is 0 Å². The molecule has 86 valence electrons. The predicted molar refractivity (Wildman–Crippen MR) is 58.0 cm³/mol. The monoisotopic (exact) mass is 223 g/mol. The Morgan fingerprint density at radius 1 is 1.25 bits per heavy atom. The number of carbonyl (C=O) groups excluding carboxylic acids is 1. The maximum absolute atomic E-state index is 12.7. The fourth-order valence-corrected chi connectivity index (χ4v) is 1.69. The van der Waals surface area contributed by atoms with E-state index in [0.717, 1.165) is 13.1 Å². The van der Waals surface area contributed by atoms with Gasteiger partial charge in [0.2, 0.25) is 0 Å². The van der Waals surface area contributed by atoms with E-state index in [1.807, 2.05) is 0 Å². The number of ether oxygens (including phenoxy) is 1. The molecule has 0 radical (unpaired) electrons. The van der Waals surface area contributed by atoms with Crippen LogP contribution in [0.25, 0.3) is 0 Å². The maximum atomic E-state index is 12.7. The molecule has 1 aromatic rings. The summed E-state index contributed by atoms with van der Waals surface area (Å²) in [5.74, 6) is -0.287. The molecule has 3 nitrogen and oxygen atoms in total. The lowest BCUT2D eigenvalue weighted by atomic mass is 10.1. The molecule has 4 heteroatoms. The van der Waals surface area contributed by atoms with Crippen LogP contribution in [0.2, 0.25) is 0 Å². The summed E-state index contributed by atoms with van der Waals surface area (Å²) in [4.78, 5) is 13.9. The molecule has 1 aromatic carbocycles. The number of hydrogen-bond acceptors (Lipinski definition) is 3. The Kier molecular flexibility index (Phi) is 3.64. The average Bonchev–Trinajstić information content (AvgIpc) is 2.31. The van der Waals surface area contributed by atoms with E-state index in [9.17, 15) is 9.18 Å². The van der Waals surface area contributed by atoms with E-state index in [1.54, 1.807) is 0 Å². The lowest BCUT2D eigenvalue weighted by Gasteiger charge is -2.25. The number of morpholine rings is 1. The average molecular weight is 223 g/mol. The minimum Gasteiger partial charge on any atom is -0.379 e. The van der Waals surface area contributed by atoms with Crippen molar-refractivity contribution in [3.63, 3.8) is 0 Å². The molecule has 0 aromatic heterocycles. The third-order valence-electron chi connectivity index (χ3n) is 2.64. The highest BCUT2D eigenvalue weighted by molar-refractivity contribution is 5.97. The van der Waals surface area contributed by atoms with E-state index in [1.165, 1.54) is 24.3 Å². The van der Waals surface area contributed by atoms with Gasteiger partial charge >= 0.3 is 0 Å². The molecule has 0 aliphatic carbocycles. The second-order valence-electron chi connectivity index (χ2n) is 3.82. The first-order valence-electron chi connectivity index (χ1n) is 5.34. The molecule has 16 heavy (non-hydrogen) atoms. The Bertz CT molecular complexity index is 358. The van der Waals surface area contributed by atoms with Gasteiger partial charge in [0.25, 0.3) is 0 Å². The molecule has 0 saturated carbocycles. The van der Waals surface area contributed by atoms with Crippen LogP contribution in [-0.4, -0.2) is 43.5 Å². The zero-order valence-electron chi connectivity index (χ0n) is 8.99. The van der Waals surface area contributed by atoms with Crippen LogP contribution < -0.4 is 0 Å². The molecule has 1 heterocycles. The van der Waals surface area contributed by atoms with Crippen molar-refractivity contribution in [2.45, 2.75) is 0 Å². The number of rotatable bonds is 3.